The highest BCUT2D eigenvalue weighted by Crippen LogP contribution is 2.63. The number of fused-ring (bicyclic) bond motifs is 15. The molecule has 2 nitrogen and oxygen atoms in total. The Bertz CT molecular complexity index is 3710. The molecule has 9 aromatic carbocycles. The molecular weight excluding hydrogens is 793 g/mol. The van der Waals surface area contributed by atoms with Gasteiger partial charge in [0.1, 0.15) is 0 Å². The molecule has 3 heterocycles. The fraction of sp³-hybridized carbons (Fsp3) is 0.0492. The third-order valence-electron chi connectivity index (χ3n) is 13.9. The number of nitrogens with zero attached hydrogens (tertiary/aromatic N) is 2. The number of rotatable bonds is 5. The van der Waals surface area contributed by atoms with Crippen LogP contribution < -0.4 is 0 Å². The van der Waals surface area contributed by atoms with Gasteiger partial charge in [0.15, 0.2) is 0 Å². The molecule has 2 aliphatic rings. The Labute approximate surface area is 377 Å². The van der Waals surface area contributed by atoms with Gasteiger partial charge >= 0.3 is 0 Å². The highest BCUT2D eigenvalue weighted by molar-refractivity contribution is 7.99. The molecule has 0 saturated carbocycles. The van der Waals surface area contributed by atoms with E-state index in [1.165, 1.54) is 115 Å². The summed E-state index contributed by atoms with van der Waals surface area (Å²) in [5.41, 5.74) is 19.4. The van der Waals surface area contributed by atoms with Crippen molar-refractivity contribution in [3.8, 4) is 27.9 Å². The van der Waals surface area contributed by atoms with E-state index in [4.69, 9.17) is 0 Å². The van der Waals surface area contributed by atoms with Crippen molar-refractivity contribution in [3.05, 3.63) is 246 Å². The van der Waals surface area contributed by atoms with E-state index in [9.17, 15) is 0 Å². The zero-order chi connectivity index (χ0) is 42.5. The van der Waals surface area contributed by atoms with Gasteiger partial charge in [-0.3, -0.25) is 0 Å². The lowest BCUT2D eigenvalue weighted by Gasteiger charge is -2.39. The van der Waals surface area contributed by atoms with E-state index in [0.29, 0.717) is 0 Å². The van der Waals surface area contributed by atoms with Crippen LogP contribution in [0.15, 0.2) is 228 Å². The van der Waals surface area contributed by atoms with E-state index in [2.05, 4.69) is 241 Å². The van der Waals surface area contributed by atoms with Crippen molar-refractivity contribution < 1.29 is 0 Å². The second-order valence-electron chi connectivity index (χ2n) is 17.2. The summed E-state index contributed by atoms with van der Waals surface area (Å²) in [6.45, 7) is 4.40. The Morgan fingerprint density at radius 2 is 0.969 bits per heavy atom. The summed E-state index contributed by atoms with van der Waals surface area (Å²) < 4.78 is 4.99. The fourth-order valence-electron chi connectivity index (χ4n) is 11.2. The molecule has 0 amide bonds. The van der Waals surface area contributed by atoms with Crippen LogP contribution in [0, 0.1) is 0 Å². The Kier molecular flexibility index (Phi) is 8.22. The first-order valence-corrected chi connectivity index (χ1v) is 23.0. The van der Waals surface area contributed by atoms with Gasteiger partial charge in [0.2, 0.25) is 0 Å². The Morgan fingerprint density at radius 1 is 0.453 bits per heavy atom. The topological polar surface area (TPSA) is 9.86 Å². The van der Waals surface area contributed by atoms with Gasteiger partial charge in [0.05, 0.1) is 27.5 Å². The molecule has 13 rings (SSSR count). The van der Waals surface area contributed by atoms with Crippen LogP contribution in [0.4, 0.5) is 0 Å². The van der Waals surface area contributed by atoms with Gasteiger partial charge < -0.3 is 9.13 Å². The van der Waals surface area contributed by atoms with Crippen LogP contribution in [0.1, 0.15) is 41.7 Å². The molecule has 0 saturated heterocycles. The molecule has 0 fully saturated rings. The summed E-state index contributed by atoms with van der Waals surface area (Å²) in [6.07, 6.45) is 4.58. The summed E-state index contributed by atoms with van der Waals surface area (Å²) in [5, 5.41) is 5.04. The van der Waals surface area contributed by atoms with Crippen molar-refractivity contribution in [2.24, 2.45) is 0 Å². The third-order valence-corrected chi connectivity index (χ3v) is 15.0. The van der Waals surface area contributed by atoms with Crippen LogP contribution in [0.2, 0.25) is 0 Å². The largest absolute Gasteiger partial charge is 0.313 e. The first-order valence-electron chi connectivity index (χ1n) is 22.2. The normalized spacial score (nSPS) is 14.0. The SMILES string of the molecule is C/C=C(\C=C(/C)n1c2ccccc2c2cc3c(cc21)C1(c2ccccc2Sc2ccccc21)c1cc2c(cc1-3)c1ccccc1n2-c1ccc(-c2ccccc2)cc1)c1ccccc1. The van der Waals surface area contributed by atoms with E-state index in [1.54, 1.807) is 0 Å². The van der Waals surface area contributed by atoms with E-state index >= 15 is 0 Å². The molecule has 0 radical (unpaired) electrons. The average Bonchev–Trinajstić information content (AvgIpc) is 3.96. The smallest absolute Gasteiger partial charge is 0.0736 e. The minimum absolute atomic E-state index is 0.568. The van der Waals surface area contributed by atoms with Gasteiger partial charge in [-0.15, -0.1) is 0 Å². The molecule has 1 aliphatic carbocycles. The standard InChI is InChI=1S/C61H42N2S/c1-3-40(41-18-6-4-7-19-41)34-39(2)62-55-26-14-10-22-45(55)49-35-47-48-36-50-46-23-11-15-27-56(46)63(44-32-30-43(31-33-44)42-20-8-5-9-21-42)58(50)38-54(48)61(53(47)37-57(49)62)51-24-12-16-28-59(51)64-60-29-17-13-25-52(60)61/h3-38H,1-2H3/b39-34+,40-3+. The number of hydrogen-bond acceptors (Lipinski definition) is 1. The zero-order valence-electron chi connectivity index (χ0n) is 35.6. The Morgan fingerprint density at radius 3 is 1.62 bits per heavy atom. The van der Waals surface area contributed by atoms with Crippen LogP contribution in [0.25, 0.3) is 82.8 Å². The molecule has 302 valence electrons. The molecule has 1 spiro atoms. The highest BCUT2D eigenvalue weighted by atomic mass is 32.2. The lowest BCUT2D eigenvalue weighted by atomic mass is 9.67. The number of benzene rings is 9. The van der Waals surface area contributed by atoms with Crippen LogP contribution >= 0.6 is 11.8 Å². The van der Waals surface area contributed by atoms with Crippen LogP contribution in [0.3, 0.4) is 0 Å². The molecule has 1 aliphatic heterocycles. The number of allylic oxidation sites excluding steroid dienone is 4. The lowest BCUT2D eigenvalue weighted by molar-refractivity contribution is 0.723. The van der Waals surface area contributed by atoms with Gasteiger partial charge in [-0.25, -0.2) is 0 Å². The molecule has 0 N–H and O–H groups in total. The predicted molar refractivity (Wildman–Crippen MR) is 271 cm³/mol. The summed E-state index contributed by atoms with van der Waals surface area (Å²) in [6, 6.07) is 76.9. The molecule has 2 aromatic heterocycles. The average molecular weight is 835 g/mol. The van der Waals surface area contributed by atoms with E-state index in [0.717, 1.165) is 5.69 Å². The zero-order valence-corrected chi connectivity index (χ0v) is 36.4. The van der Waals surface area contributed by atoms with Crippen molar-refractivity contribution in [1.29, 1.82) is 0 Å². The summed E-state index contributed by atoms with van der Waals surface area (Å²) in [5.74, 6) is 0. The second-order valence-corrected chi connectivity index (χ2v) is 18.3. The number of para-hydroxylation sites is 2. The van der Waals surface area contributed by atoms with Crippen molar-refractivity contribution >= 4 is 66.6 Å². The van der Waals surface area contributed by atoms with Crippen molar-refractivity contribution in [2.45, 2.75) is 29.1 Å². The Balaban J connectivity index is 1.14. The van der Waals surface area contributed by atoms with E-state index < -0.39 is 5.41 Å². The van der Waals surface area contributed by atoms with E-state index in [1.807, 2.05) is 11.8 Å². The maximum absolute atomic E-state index is 2.56. The molecule has 0 bridgehead atoms. The van der Waals surface area contributed by atoms with E-state index in [-0.39, 0.29) is 0 Å². The van der Waals surface area contributed by atoms with Crippen LogP contribution in [0.5, 0.6) is 0 Å². The van der Waals surface area contributed by atoms with Crippen molar-refractivity contribution in [1.82, 2.24) is 9.13 Å². The quantitative estimate of drug-likeness (QED) is 0.157. The van der Waals surface area contributed by atoms with Gasteiger partial charge in [-0.05, 0) is 136 Å². The first kappa shape index (κ1) is 37.0. The first-order chi connectivity index (χ1) is 31.6. The van der Waals surface area contributed by atoms with Crippen LogP contribution in [-0.2, 0) is 5.41 Å². The second kappa shape index (κ2) is 14.2. The molecule has 3 heteroatoms. The summed E-state index contributed by atoms with van der Waals surface area (Å²) in [4.78, 5) is 2.60. The van der Waals surface area contributed by atoms with Gasteiger partial charge in [-0.1, -0.05) is 163 Å². The van der Waals surface area contributed by atoms with Crippen molar-refractivity contribution in [3.63, 3.8) is 0 Å². The maximum Gasteiger partial charge on any atom is 0.0736 e. The minimum Gasteiger partial charge on any atom is -0.313 e. The molecule has 0 atom stereocenters. The van der Waals surface area contributed by atoms with Gasteiger partial charge in [-0.2, -0.15) is 0 Å². The lowest BCUT2D eigenvalue weighted by Crippen LogP contribution is -2.32. The summed E-state index contributed by atoms with van der Waals surface area (Å²) in [7, 11) is 0. The molecule has 11 aromatic rings. The number of aromatic nitrogens is 2. The van der Waals surface area contributed by atoms with Crippen molar-refractivity contribution in [2.75, 3.05) is 0 Å². The number of hydrogen-bond donors (Lipinski definition) is 0. The third kappa shape index (κ3) is 5.22. The fourth-order valence-corrected chi connectivity index (χ4v) is 12.4. The predicted octanol–water partition coefficient (Wildman–Crippen LogP) is 16.4. The summed E-state index contributed by atoms with van der Waals surface area (Å²) >= 11 is 1.90. The molecular formula is C61H42N2S. The molecule has 64 heavy (non-hydrogen) atoms. The molecule has 0 unspecified atom stereocenters. The van der Waals surface area contributed by atoms with Gasteiger partial charge in [0.25, 0.3) is 0 Å². The highest BCUT2D eigenvalue weighted by Gasteiger charge is 2.51. The maximum atomic E-state index is 2.56. The minimum atomic E-state index is -0.568. The monoisotopic (exact) mass is 834 g/mol. The van der Waals surface area contributed by atoms with Crippen LogP contribution in [-0.4, -0.2) is 9.13 Å². The Hall–Kier alpha value is -7.59. The van der Waals surface area contributed by atoms with Gasteiger partial charge in [0, 0.05) is 42.7 Å².